The Bertz CT molecular complexity index is 1010. The number of fused-ring (bicyclic) bond motifs is 2. The summed E-state index contributed by atoms with van der Waals surface area (Å²) < 4.78 is 12.8. The van der Waals surface area contributed by atoms with Crippen molar-refractivity contribution in [2.75, 3.05) is 13.2 Å². The number of hydrogen-bond acceptors (Lipinski definition) is 5. The second-order valence-corrected chi connectivity index (χ2v) is 6.10. The molecule has 0 bridgehead atoms. The number of nitrogens with zero attached hydrogens (tertiary/aromatic N) is 2. The van der Waals surface area contributed by atoms with E-state index in [1.807, 2.05) is 17.0 Å². The average Bonchev–Trinajstić information content (AvgIpc) is 3.07. The fourth-order valence-corrected chi connectivity index (χ4v) is 3.02. The molecule has 0 N–H and O–H groups in total. The van der Waals surface area contributed by atoms with E-state index in [0.717, 1.165) is 10.8 Å². The number of aromatic nitrogens is 1. The number of nitro benzene ring substituents is 1. The van der Waals surface area contributed by atoms with E-state index in [1.165, 1.54) is 12.1 Å². The molecule has 0 unspecified atom stereocenters. The Labute approximate surface area is 148 Å². The molecule has 2 heterocycles. The van der Waals surface area contributed by atoms with E-state index in [-0.39, 0.29) is 11.5 Å². The smallest absolute Gasteiger partial charge is 0.270 e. The van der Waals surface area contributed by atoms with Gasteiger partial charge in [-0.3, -0.25) is 14.9 Å². The summed E-state index contributed by atoms with van der Waals surface area (Å²) >= 11 is 0. The predicted octanol–water partition coefficient (Wildman–Crippen LogP) is 3.59. The standard InChI is InChI=1S/C19H16N2O5/c22-17(13-2-4-18-19(10-13)26-8-7-25-18)5-6-20-11-14-1-3-16(21(23)24)9-15(14)12-20/h1-4,9-12H,5-8H2. The minimum absolute atomic E-state index is 0.00529. The Morgan fingerprint density at radius 2 is 1.81 bits per heavy atom. The summed E-state index contributed by atoms with van der Waals surface area (Å²) in [7, 11) is 0. The average molecular weight is 352 g/mol. The van der Waals surface area contributed by atoms with Crippen LogP contribution in [0, 0.1) is 10.1 Å². The number of carbonyl (C=O) groups is 1. The molecular formula is C19H16N2O5. The highest BCUT2D eigenvalue weighted by Crippen LogP contribution is 2.31. The van der Waals surface area contributed by atoms with Gasteiger partial charge in [-0.05, 0) is 29.7 Å². The molecule has 4 rings (SSSR count). The first-order chi connectivity index (χ1) is 12.6. The van der Waals surface area contributed by atoms with Crippen LogP contribution in [0.2, 0.25) is 0 Å². The van der Waals surface area contributed by atoms with Gasteiger partial charge in [0.25, 0.3) is 5.69 Å². The van der Waals surface area contributed by atoms with Gasteiger partial charge in [0.15, 0.2) is 17.3 Å². The normalized spacial score (nSPS) is 12.9. The molecule has 2 aromatic carbocycles. The fraction of sp³-hybridized carbons (Fsp3) is 0.211. The molecule has 0 fully saturated rings. The van der Waals surface area contributed by atoms with Crippen LogP contribution in [0.3, 0.4) is 0 Å². The van der Waals surface area contributed by atoms with E-state index in [1.54, 1.807) is 24.3 Å². The number of ketones is 1. The van der Waals surface area contributed by atoms with Crippen LogP contribution in [-0.4, -0.2) is 28.5 Å². The van der Waals surface area contributed by atoms with E-state index in [9.17, 15) is 14.9 Å². The molecule has 0 saturated heterocycles. The third-order valence-corrected chi connectivity index (χ3v) is 4.35. The minimum atomic E-state index is -0.415. The van der Waals surface area contributed by atoms with Crippen molar-refractivity contribution in [2.45, 2.75) is 13.0 Å². The van der Waals surface area contributed by atoms with Crippen LogP contribution in [-0.2, 0) is 6.54 Å². The molecule has 1 aliphatic rings. The molecule has 3 aromatic rings. The van der Waals surface area contributed by atoms with Crippen LogP contribution in [0.4, 0.5) is 5.69 Å². The van der Waals surface area contributed by atoms with E-state index < -0.39 is 4.92 Å². The van der Waals surface area contributed by atoms with Gasteiger partial charge in [0.1, 0.15) is 13.2 Å². The van der Waals surface area contributed by atoms with E-state index in [4.69, 9.17) is 9.47 Å². The zero-order valence-corrected chi connectivity index (χ0v) is 13.9. The molecule has 0 spiro atoms. The quantitative estimate of drug-likeness (QED) is 0.398. The summed E-state index contributed by atoms with van der Waals surface area (Å²) in [5, 5.41) is 12.5. The summed E-state index contributed by atoms with van der Waals surface area (Å²) in [6.07, 6.45) is 4.03. The maximum absolute atomic E-state index is 12.5. The number of carbonyl (C=O) groups excluding carboxylic acids is 1. The minimum Gasteiger partial charge on any atom is -0.486 e. The molecule has 0 saturated carbocycles. The number of ether oxygens (including phenoxy) is 2. The summed E-state index contributed by atoms with van der Waals surface area (Å²) in [6, 6.07) is 9.94. The highest BCUT2D eigenvalue weighted by molar-refractivity contribution is 5.96. The lowest BCUT2D eigenvalue weighted by molar-refractivity contribution is -0.384. The van der Waals surface area contributed by atoms with Crippen molar-refractivity contribution in [3.8, 4) is 11.5 Å². The van der Waals surface area contributed by atoms with Gasteiger partial charge in [-0.2, -0.15) is 0 Å². The number of hydrogen-bond donors (Lipinski definition) is 0. The molecular weight excluding hydrogens is 336 g/mol. The van der Waals surface area contributed by atoms with Gasteiger partial charge in [-0.25, -0.2) is 0 Å². The van der Waals surface area contributed by atoms with Gasteiger partial charge in [0.05, 0.1) is 4.92 Å². The Hall–Kier alpha value is -3.35. The van der Waals surface area contributed by atoms with Crippen LogP contribution in [0.5, 0.6) is 11.5 Å². The van der Waals surface area contributed by atoms with Crippen molar-refractivity contribution in [3.05, 3.63) is 64.5 Å². The first-order valence-corrected chi connectivity index (χ1v) is 8.27. The lowest BCUT2D eigenvalue weighted by atomic mass is 10.1. The molecule has 7 nitrogen and oxygen atoms in total. The van der Waals surface area contributed by atoms with Gasteiger partial charge in [-0.15, -0.1) is 0 Å². The third-order valence-electron chi connectivity index (χ3n) is 4.35. The van der Waals surface area contributed by atoms with Crippen LogP contribution in [0.1, 0.15) is 16.8 Å². The van der Waals surface area contributed by atoms with Crippen molar-refractivity contribution >= 4 is 22.2 Å². The van der Waals surface area contributed by atoms with Crippen molar-refractivity contribution in [1.29, 1.82) is 0 Å². The Morgan fingerprint density at radius 3 is 2.62 bits per heavy atom. The van der Waals surface area contributed by atoms with E-state index >= 15 is 0 Å². The zero-order valence-electron chi connectivity index (χ0n) is 13.9. The first kappa shape index (κ1) is 16.1. The molecule has 0 radical (unpaired) electrons. The van der Waals surface area contributed by atoms with Crippen LogP contribution < -0.4 is 9.47 Å². The molecule has 1 aromatic heterocycles. The second kappa shape index (κ2) is 6.51. The lowest BCUT2D eigenvalue weighted by Gasteiger charge is -2.18. The molecule has 7 heteroatoms. The van der Waals surface area contributed by atoms with Crippen LogP contribution in [0.25, 0.3) is 10.8 Å². The van der Waals surface area contributed by atoms with Gasteiger partial charge in [0, 0.05) is 48.4 Å². The maximum atomic E-state index is 12.5. The highest BCUT2D eigenvalue weighted by atomic mass is 16.6. The summed E-state index contributed by atoms with van der Waals surface area (Å²) in [5.74, 6) is 1.26. The van der Waals surface area contributed by atoms with Gasteiger partial charge < -0.3 is 14.0 Å². The predicted molar refractivity (Wildman–Crippen MR) is 95.0 cm³/mol. The summed E-state index contributed by atoms with van der Waals surface area (Å²) in [5.41, 5.74) is 0.643. The number of non-ortho nitro benzene ring substituents is 1. The topological polar surface area (TPSA) is 83.6 Å². The van der Waals surface area contributed by atoms with Crippen molar-refractivity contribution in [3.63, 3.8) is 0 Å². The Kier molecular flexibility index (Phi) is 4.04. The highest BCUT2D eigenvalue weighted by Gasteiger charge is 2.15. The molecule has 0 atom stereocenters. The first-order valence-electron chi connectivity index (χ1n) is 8.27. The second-order valence-electron chi connectivity index (χ2n) is 6.10. The molecule has 0 aliphatic carbocycles. The fourth-order valence-electron chi connectivity index (χ4n) is 3.02. The van der Waals surface area contributed by atoms with Crippen molar-refractivity contribution in [2.24, 2.45) is 0 Å². The number of rotatable bonds is 5. The Balaban J connectivity index is 1.47. The van der Waals surface area contributed by atoms with Gasteiger partial charge in [-0.1, -0.05) is 0 Å². The molecule has 1 aliphatic heterocycles. The maximum Gasteiger partial charge on any atom is 0.270 e. The SMILES string of the molecule is O=C(CCn1cc2ccc([N+](=O)[O-])cc2c1)c1ccc2c(c1)OCCO2. The largest absolute Gasteiger partial charge is 0.486 e. The van der Waals surface area contributed by atoms with Crippen LogP contribution in [0.15, 0.2) is 48.8 Å². The van der Waals surface area contributed by atoms with Crippen LogP contribution >= 0.6 is 0 Å². The lowest BCUT2D eigenvalue weighted by Crippen LogP contribution is -2.16. The number of benzene rings is 2. The monoisotopic (exact) mass is 352 g/mol. The Morgan fingerprint density at radius 1 is 1.04 bits per heavy atom. The number of nitro groups is 1. The van der Waals surface area contributed by atoms with Crippen molar-refractivity contribution < 1.29 is 19.2 Å². The number of aryl methyl sites for hydroxylation is 1. The molecule has 0 amide bonds. The van der Waals surface area contributed by atoms with E-state index in [2.05, 4.69) is 0 Å². The third kappa shape index (κ3) is 3.11. The zero-order chi connectivity index (χ0) is 18.1. The summed E-state index contributed by atoms with van der Waals surface area (Å²) in [4.78, 5) is 22.9. The van der Waals surface area contributed by atoms with Gasteiger partial charge in [0.2, 0.25) is 0 Å². The molecule has 26 heavy (non-hydrogen) atoms. The van der Waals surface area contributed by atoms with Crippen molar-refractivity contribution in [1.82, 2.24) is 4.57 Å². The molecule has 132 valence electrons. The van der Waals surface area contributed by atoms with E-state index in [0.29, 0.717) is 43.2 Å². The summed E-state index contributed by atoms with van der Waals surface area (Å²) in [6.45, 7) is 1.49. The van der Waals surface area contributed by atoms with Gasteiger partial charge >= 0.3 is 0 Å². The number of Topliss-reactive ketones (excluding diaryl/α,β-unsaturated/α-hetero) is 1.